The molecule has 1 unspecified atom stereocenters. The fourth-order valence-corrected chi connectivity index (χ4v) is 7.46. The van der Waals surface area contributed by atoms with Crippen molar-refractivity contribution in [2.24, 2.45) is 16.8 Å². The fourth-order valence-electron chi connectivity index (χ4n) is 7.46. The first-order valence-electron chi connectivity index (χ1n) is 14.8. The Labute approximate surface area is 231 Å². The summed E-state index contributed by atoms with van der Waals surface area (Å²) in [7, 11) is 0. The molecule has 2 aromatic rings. The average Bonchev–Trinajstić information content (AvgIpc) is 3.60. The molecule has 4 aliphatic rings. The fraction of sp³-hybridized carbons (Fsp3) is 0.562. The molecule has 2 saturated carbocycles. The van der Waals surface area contributed by atoms with E-state index in [-0.39, 0.29) is 24.0 Å². The van der Waals surface area contributed by atoms with Crippen LogP contribution in [0.25, 0.3) is 0 Å². The van der Waals surface area contributed by atoms with Gasteiger partial charge in [-0.3, -0.25) is 9.80 Å². The number of likely N-dealkylation sites (tertiary alicyclic amines) is 1. The number of carbonyl (C=O) groups is 1. The van der Waals surface area contributed by atoms with Crippen LogP contribution < -0.4 is 15.0 Å². The largest absolute Gasteiger partial charge is 0.491 e. The Bertz CT molecular complexity index is 1250. The van der Waals surface area contributed by atoms with Crippen molar-refractivity contribution < 1.29 is 13.9 Å². The summed E-state index contributed by atoms with van der Waals surface area (Å²) in [6, 6.07) is 15.1. The highest BCUT2D eigenvalue weighted by Crippen LogP contribution is 2.46. The summed E-state index contributed by atoms with van der Waals surface area (Å²) in [5, 5.41) is 3.79. The lowest BCUT2D eigenvalue weighted by atomic mass is 9.80. The van der Waals surface area contributed by atoms with Crippen LogP contribution in [0, 0.1) is 17.7 Å². The van der Waals surface area contributed by atoms with Crippen LogP contribution in [0.3, 0.4) is 0 Å². The quantitative estimate of drug-likeness (QED) is 0.440. The molecule has 2 aromatic carbocycles. The van der Waals surface area contributed by atoms with Crippen LogP contribution in [0.5, 0.6) is 5.75 Å². The number of amidine groups is 1. The predicted octanol–water partition coefficient (Wildman–Crippen LogP) is 6.54. The Morgan fingerprint density at radius 3 is 2.74 bits per heavy atom. The lowest BCUT2D eigenvalue weighted by molar-refractivity contribution is 0.121. The van der Waals surface area contributed by atoms with Crippen molar-refractivity contribution >= 4 is 17.6 Å². The molecular weight excluding hydrogens is 491 g/mol. The predicted molar refractivity (Wildman–Crippen MR) is 153 cm³/mol. The smallest absolute Gasteiger partial charge is 0.350 e. The van der Waals surface area contributed by atoms with Crippen LogP contribution in [0.15, 0.2) is 53.5 Å². The molecule has 208 valence electrons. The number of fused-ring (bicyclic) bond motifs is 2. The third kappa shape index (κ3) is 5.06. The highest BCUT2D eigenvalue weighted by molar-refractivity contribution is 6.16. The zero-order chi connectivity index (χ0) is 27.1. The van der Waals surface area contributed by atoms with Gasteiger partial charge in [0.2, 0.25) is 0 Å². The molecule has 1 N–H and O–H groups in total. The van der Waals surface area contributed by atoms with Gasteiger partial charge in [-0.1, -0.05) is 31.5 Å². The number of aliphatic imine (C=N–C) groups is 1. The highest BCUT2D eigenvalue weighted by atomic mass is 19.1. The number of piperidine rings is 1. The second-order valence-electron chi connectivity index (χ2n) is 12.3. The third-order valence-electron chi connectivity index (χ3n) is 9.66. The van der Waals surface area contributed by atoms with Crippen LogP contribution in [-0.4, -0.2) is 47.0 Å². The molecule has 0 radical (unpaired) electrons. The van der Waals surface area contributed by atoms with Gasteiger partial charge in [0.1, 0.15) is 22.9 Å². The van der Waals surface area contributed by atoms with Crippen molar-refractivity contribution in [2.45, 2.75) is 96.0 Å². The number of benzene rings is 2. The van der Waals surface area contributed by atoms with Gasteiger partial charge >= 0.3 is 6.03 Å². The van der Waals surface area contributed by atoms with Gasteiger partial charge in [-0.05, 0) is 100 Å². The molecule has 39 heavy (non-hydrogen) atoms. The van der Waals surface area contributed by atoms with Crippen molar-refractivity contribution in [3.05, 3.63) is 59.9 Å². The molecule has 3 fully saturated rings. The lowest BCUT2D eigenvalue weighted by Gasteiger charge is -2.48. The number of ether oxygens (including phenoxy) is 1. The van der Waals surface area contributed by atoms with E-state index in [1.165, 1.54) is 37.0 Å². The van der Waals surface area contributed by atoms with E-state index in [0.29, 0.717) is 17.6 Å². The van der Waals surface area contributed by atoms with Crippen LogP contribution in [0.2, 0.25) is 0 Å². The van der Waals surface area contributed by atoms with Crippen LogP contribution >= 0.6 is 0 Å². The number of halogens is 1. The molecule has 1 saturated heterocycles. The molecule has 6 nitrogen and oxygen atoms in total. The molecule has 6 atom stereocenters. The van der Waals surface area contributed by atoms with Crippen LogP contribution in [0.4, 0.5) is 14.9 Å². The molecule has 1 spiro atoms. The van der Waals surface area contributed by atoms with Gasteiger partial charge in [-0.25, -0.2) is 9.18 Å². The molecule has 2 aliphatic carbocycles. The number of rotatable bonds is 7. The number of urea groups is 1. The Kier molecular flexibility index (Phi) is 7.13. The maximum Gasteiger partial charge on any atom is 0.350 e. The number of nitrogens with one attached hydrogen (secondary N) is 1. The van der Waals surface area contributed by atoms with E-state index in [2.05, 4.69) is 54.2 Å². The summed E-state index contributed by atoms with van der Waals surface area (Å²) in [4.78, 5) is 22.4. The monoisotopic (exact) mass is 532 g/mol. The van der Waals surface area contributed by atoms with E-state index < -0.39 is 5.54 Å². The standard InChI is InChI=1S/C32H41FN4O2/c1-4-22(3)39-28-10-5-7-24(16-28)20-36-14-13-32(19-21(36)2)30(34-29-17-23-11-12-25(29)15-23)35-31(38)37(32)27-9-6-8-26(33)18-27/h5-10,16,18,21-23,25,29H,4,11-15,17,19-20H2,1-3H3,(H,34,35,38)/t21-,22+,23+,25-,29?,32+/m0/s1. The first kappa shape index (κ1) is 26.3. The summed E-state index contributed by atoms with van der Waals surface area (Å²) in [5.74, 6) is 2.82. The van der Waals surface area contributed by atoms with E-state index in [4.69, 9.17) is 4.74 Å². The van der Waals surface area contributed by atoms with Crippen molar-refractivity contribution in [2.75, 3.05) is 11.4 Å². The van der Waals surface area contributed by atoms with Gasteiger partial charge in [-0.15, -0.1) is 0 Å². The topological polar surface area (TPSA) is 57.2 Å². The molecule has 0 aromatic heterocycles. The number of anilines is 1. The second kappa shape index (κ2) is 10.6. The Morgan fingerprint density at radius 2 is 2.03 bits per heavy atom. The summed E-state index contributed by atoms with van der Waals surface area (Å²) in [6.45, 7) is 8.09. The molecule has 2 heterocycles. The van der Waals surface area contributed by atoms with Crippen molar-refractivity contribution in [1.82, 2.24) is 10.2 Å². The zero-order valence-electron chi connectivity index (χ0n) is 23.4. The first-order chi connectivity index (χ1) is 18.8. The molecular formula is C32H41FN4O2. The number of carbonyl (C=O) groups excluding carboxylic acids is 1. The van der Waals surface area contributed by atoms with Gasteiger partial charge in [0.15, 0.2) is 0 Å². The lowest BCUT2D eigenvalue weighted by Crippen LogP contribution is -2.64. The minimum absolute atomic E-state index is 0.183. The van der Waals surface area contributed by atoms with E-state index in [1.807, 2.05) is 12.1 Å². The highest BCUT2D eigenvalue weighted by Gasteiger charge is 2.54. The Balaban J connectivity index is 1.24. The van der Waals surface area contributed by atoms with Crippen molar-refractivity contribution in [3.8, 4) is 5.75 Å². The first-order valence-corrected chi connectivity index (χ1v) is 14.8. The summed E-state index contributed by atoms with van der Waals surface area (Å²) in [5.41, 5.74) is 1.21. The number of hydrogen-bond acceptors (Lipinski definition) is 4. The molecule has 7 heteroatoms. The van der Waals surface area contributed by atoms with E-state index in [0.717, 1.165) is 56.3 Å². The summed E-state index contributed by atoms with van der Waals surface area (Å²) < 4.78 is 20.4. The van der Waals surface area contributed by atoms with Gasteiger partial charge in [0, 0.05) is 30.9 Å². The van der Waals surface area contributed by atoms with E-state index >= 15 is 0 Å². The van der Waals surface area contributed by atoms with Gasteiger partial charge in [0.05, 0.1) is 6.10 Å². The molecule has 2 aliphatic heterocycles. The Morgan fingerprint density at radius 1 is 1.18 bits per heavy atom. The van der Waals surface area contributed by atoms with E-state index in [1.54, 1.807) is 11.0 Å². The molecule has 6 rings (SSSR count). The Hall–Kier alpha value is -2.93. The van der Waals surface area contributed by atoms with Gasteiger partial charge in [0.25, 0.3) is 0 Å². The zero-order valence-corrected chi connectivity index (χ0v) is 23.4. The minimum atomic E-state index is -0.593. The molecule has 2 amide bonds. The van der Waals surface area contributed by atoms with Crippen LogP contribution in [-0.2, 0) is 6.54 Å². The maximum atomic E-state index is 14.3. The van der Waals surface area contributed by atoms with Gasteiger partial charge in [-0.2, -0.15) is 4.99 Å². The SMILES string of the molecule is CC[C@@H](C)Oc1cccc(CN2CC[C@@]3(C[C@@H]2C)C(NC2C[C@@H]4CC[C@H]2C4)=NC(=O)N3c2cccc(F)c2)c1. The summed E-state index contributed by atoms with van der Waals surface area (Å²) >= 11 is 0. The number of amides is 2. The number of nitrogens with zero attached hydrogens (tertiary/aromatic N) is 3. The molecule has 2 bridgehead atoms. The normalized spacial score (nSPS) is 31.1. The average molecular weight is 533 g/mol. The van der Waals surface area contributed by atoms with Crippen LogP contribution in [0.1, 0.15) is 71.3 Å². The van der Waals surface area contributed by atoms with Crippen molar-refractivity contribution in [3.63, 3.8) is 0 Å². The second-order valence-corrected chi connectivity index (χ2v) is 12.3. The summed E-state index contributed by atoms with van der Waals surface area (Å²) in [6.07, 6.45) is 7.66. The van der Waals surface area contributed by atoms with Gasteiger partial charge < -0.3 is 10.1 Å². The van der Waals surface area contributed by atoms with E-state index in [9.17, 15) is 9.18 Å². The third-order valence-corrected chi connectivity index (χ3v) is 9.66. The maximum absolute atomic E-state index is 14.3. The minimum Gasteiger partial charge on any atom is -0.491 e. The number of hydrogen-bond donors (Lipinski definition) is 1. The van der Waals surface area contributed by atoms with Crippen molar-refractivity contribution in [1.29, 1.82) is 0 Å².